The molecule has 0 saturated heterocycles. The summed E-state index contributed by atoms with van der Waals surface area (Å²) in [6.07, 6.45) is 1.66. The summed E-state index contributed by atoms with van der Waals surface area (Å²) in [5, 5.41) is 8.38. The average molecular weight is 440 g/mol. The van der Waals surface area contributed by atoms with Crippen LogP contribution in [0, 0.1) is 6.92 Å². The second-order valence-corrected chi connectivity index (χ2v) is 7.24. The lowest BCUT2D eigenvalue weighted by Crippen LogP contribution is -2.24. The number of ether oxygens (including phenoxy) is 2. The SMILES string of the molecule is COc1cc(/C=N\NC(=S)Nc2ccccc2C)ccc1OCc1ccccc1Cl. The zero-order valence-corrected chi connectivity index (χ0v) is 18.3. The Balaban J connectivity index is 1.59. The fraction of sp³-hybridized carbons (Fsp3) is 0.130. The number of halogens is 1. The van der Waals surface area contributed by atoms with Gasteiger partial charge in [0.1, 0.15) is 6.61 Å². The van der Waals surface area contributed by atoms with Crippen molar-refractivity contribution in [2.75, 3.05) is 12.4 Å². The number of thiocarbonyl (C=S) groups is 1. The third-order valence-electron chi connectivity index (χ3n) is 4.30. The van der Waals surface area contributed by atoms with Crippen LogP contribution in [0.25, 0.3) is 0 Å². The molecule has 0 saturated carbocycles. The lowest BCUT2D eigenvalue weighted by molar-refractivity contribution is 0.284. The lowest BCUT2D eigenvalue weighted by Gasteiger charge is -2.12. The quantitative estimate of drug-likeness (QED) is 0.287. The number of nitrogens with zero attached hydrogens (tertiary/aromatic N) is 1. The fourth-order valence-electron chi connectivity index (χ4n) is 2.68. The van der Waals surface area contributed by atoms with Gasteiger partial charge in [-0.3, -0.25) is 5.43 Å². The Morgan fingerprint density at radius 1 is 1.07 bits per heavy atom. The molecule has 0 radical (unpaired) electrons. The molecular weight excluding hydrogens is 418 g/mol. The Morgan fingerprint density at radius 2 is 1.83 bits per heavy atom. The Hall–Kier alpha value is -3.09. The van der Waals surface area contributed by atoms with Crippen molar-refractivity contribution in [1.82, 2.24) is 5.43 Å². The Bertz CT molecular complexity index is 1060. The predicted octanol–water partition coefficient (Wildman–Crippen LogP) is 5.56. The number of para-hydroxylation sites is 1. The number of hydrogen-bond donors (Lipinski definition) is 2. The Kier molecular flexibility index (Phi) is 7.65. The number of benzene rings is 3. The van der Waals surface area contributed by atoms with Gasteiger partial charge in [-0.05, 0) is 60.6 Å². The molecule has 3 rings (SSSR count). The normalized spacial score (nSPS) is 10.6. The highest BCUT2D eigenvalue weighted by Gasteiger charge is 2.07. The van der Waals surface area contributed by atoms with E-state index in [0.29, 0.717) is 28.2 Å². The zero-order chi connectivity index (χ0) is 21.3. The topological polar surface area (TPSA) is 54.9 Å². The molecule has 0 atom stereocenters. The van der Waals surface area contributed by atoms with Gasteiger partial charge in [0.25, 0.3) is 0 Å². The first-order valence-electron chi connectivity index (χ1n) is 9.27. The van der Waals surface area contributed by atoms with Crippen molar-refractivity contribution in [2.24, 2.45) is 5.10 Å². The van der Waals surface area contributed by atoms with Gasteiger partial charge in [-0.2, -0.15) is 5.10 Å². The van der Waals surface area contributed by atoms with E-state index in [2.05, 4.69) is 15.8 Å². The summed E-state index contributed by atoms with van der Waals surface area (Å²) in [7, 11) is 1.60. The van der Waals surface area contributed by atoms with Crippen LogP contribution in [0.15, 0.2) is 71.8 Å². The monoisotopic (exact) mass is 439 g/mol. The molecule has 5 nitrogen and oxygen atoms in total. The van der Waals surface area contributed by atoms with Crippen molar-refractivity contribution in [2.45, 2.75) is 13.5 Å². The maximum atomic E-state index is 6.18. The van der Waals surface area contributed by atoms with Gasteiger partial charge < -0.3 is 14.8 Å². The summed E-state index contributed by atoms with van der Waals surface area (Å²) in [5.41, 5.74) is 6.60. The van der Waals surface area contributed by atoms with Gasteiger partial charge in [0.2, 0.25) is 0 Å². The van der Waals surface area contributed by atoms with Crippen LogP contribution in [0.3, 0.4) is 0 Å². The maximum Gasteiger partial charge on any atom is 0.191 e. The first kappa shape index (κ1) is 21.6. The number of hydrogen-bond acceptors (Lipinski definition) is 4. The van der Waals surface area contributed by atoms with Crippen molar-refractivity contribution < 1.29 is 9.47 Å². The zero-order valence-electron chi connectivity index (χ0n) is 16.7. The third kappa shape index (κ3) is 5.95. The third-order valence-corrected chi connectivity index (χ3v) is 4.86. The smallest absolute Gasteiger partial charge is 0.191 e. The van der Waals surface area contributed by atoms with Crippen molar-refractivity contribution in [3.8, 4) is 11.5 Å². The molecule has 0 bridgehead atoms. The summed E-state index contributed by atoms with van der Waals surface area (Å²) in [4.78, 5) is 0. The van der Waals surface area contributed by atoms with E-state index in [0.717, 1.165) is 22.4 Å². The van der Waals surface area contributed by atoms with Crippen molar-refractivity contribution in [1.29, 1.82) is 0 Å². The molecule has 3 aromatic carbocycles. The fourth-order valence-corrected chi connectivity index (χ4v) is 3.04. The molecule has 0 aliphatic heterocycles. The van der Waals surface area contributed by atoms with Crippen LogP contribution < -0.4 is 20.2 Å². The van der Waals surface area contributed by atoms with Crippen LogP contribution in [-0.4, -0.2) is 18.4 Å². The van der Waals surface area contributed by atoms with Crippen molar-refractivity contribution in [3.63, 3.8) is 0 Å². The highest BCUT2D eigenvalue weighted by molar-refractivity contribution is 7.80. The number of methoxy groups -OCH3 is 1. The minimum Gasteiger partial charge on any atom is -0.493 e. The van der Waals surface area contributed by atoms with Gasteiger partial charge in [0.15, 0.2) is 16.6 Å². The standard InChI is InChI=1S/C23H22ClN3O2S/c1-16-7-3-6-10-20(16)26-23(30)27-25-14-17-11-12-21(22(13-17)28-2)29-15-18-8-4-5-9-19(18)24/h3-14H,15H2,1-2H3,(H2,26,27,30)/b25-14-. The highest BCUT2D eigenvalue weighted by atomic mass is 35.5. The molecule has 7 heteroatoms. The first-order valence-corrected chi connectivity index (χ1v) is 10.1. The van der Waals surface area contributed by atoms with E-state index in [1.165, 1.54) is 0 Å². The number of aryl methyl sites for hydroxylation is 1. The molecule has 0 fully saturated rings. The van der Waals surface area contributed by atoms with Crippen molar-refractivity contribution in [3.05, 3.63) is 88.4 Å². The molecule has 0 amide bonds. The molecular formula is C23H22ClN3O2S. The molecule has 0 aromatic heterocycles. The number of rotatable bonds is 7. The minimum atomic E-state index is 0.351. The van der Waals surface area contributed by atoms with Gasteiger partial charge in [-0.25, -0.2) is 0 Å². The van der Waals surface area contributed by atoms with E-state index in [1.807, 2.05) is 73.7 Å². The minimum absolute atomic E-state index is 0.351. The van der Waals surface area contributed by atoms with Crippen LogP contribution in [0.5, 0.6) is 11.5 Å². The average Bonchev–Trinajstić information content (AvgIpc) is 2.75. The largest absolute Gasteiger partial charge is 0.493 e. The van der Waals surface area contributed by atoms with Gasteiger partial charge in [-0.15, -0.1) is 0 Å². The number of nitrogens with one attached hydrogen (secondary N) is 2. The molecule has 2 N–H and O–H groups in total. The van der Waals surface area contributed by atoms with Crippen LogP contribution in [0.4, 0.5) is 5.69 Å². The number of hydrazone groups is 1. The summed E-state index contributed by atoms with van der Waals surface area (Å²) >= 11 is 11.5. The summed E-state index contributed by atoms with van der Waals surface area (Å²) < 4.78 is 11.3. The van der Waals surface area contributed by atoms with E-state index >= 15 is 0 Å². The lowest BCUT2D eigenvalue weighted by atomic mass is 10.2. The molecule has 0 spiro atoms. The van der Waals surface area contributed by atoms with Crippen LogP contribution in [0.2, 0.25) is 5.02 Å². The van der Waals surface area contributed by atoms with Crippen LogP contribution in [-0.2, 0) is 6.61 Å². The molecule has 0 aliphatic rings. The van der Waals surface area contributed by atoms with Gasteiger partial charge >= 0.3 is 0 Å². The van der Waals surface area contributed by atoms with Gasteiger partial charge in [0, 0.05) is 16.3 Å². The summed E-state index contributed by atoms with van der Waals surface area (Å²) in [5.74, 6) is 1.23. The molecule has 0 heterocycles. The van der Waals surface area contributed by atoms with Gasteiger partial charge in [-0.1, -0.05) is 48.0 Å². The molecule has 154 valence electrons. The second-order valence-electron chi connectivity index (χ2n) is 6.43. The highest BCUT2D eigenvalue weighted by Crippen LogP contribution is 2.29. The van der Waals surface area contributed by atoms with Crippen molar-refractivity contribution >= 4 is 40.8 Å². The summed E-state index contributed by atoms with van der Waals surface area (Å²) in [6, 6.07) is 21.0. The van der Waals surface area contributed by atoms with Gasteiger partial charge in [0.05, 0.1) is 13.3 Å². The van der Waals surface area contributed by atoms with E-state index in [-0.39, 0.29) is 0 Å². The van der Waals surface area contributed by atoms with Crippen LogP contribution in [0.1, 0.15) is 16.7 Å². The predicted molar refractivity (Wildman–Crippen MR) is 127 cm³/mol. The second kappa shape index (κ2) is 10.6. The maximum absolute atomic E-state index is 6.18. The van der Waals surface area contributed by atoms with E-state index in [1.54, 1.807) is 13.3 Å². The van der Waals surface area contributed by atoms with E-state index in [4.69, 9.17) is 33.3 Å². The van der Waals surface area contributed by atoms with E-state index < -0.39 is 0 Å². The molecule has 0 unspecified atom stereocenters. The summed E-state index contributed by atoms with van der Waals surface area (Å²) in [6.45, 7) is 2.36. The molecule has 3 aromatic rings. The molecule has 30 heavy (non-hydrogen) atoms. The number of anilines is 1. The Labute approximate surface area is 186 Å². The van der Waals surface area contributed by atoms with E-state index in [9.17, 15) is 0 Å². The van der Waals surface area contributed by atoms with Crippen LogP contribution >= 0.6 is 23.8 Å². The Morgan fingerprint density at radius 3 is 2.60 bits per heavy atom. The molecule has 0 aliphatic carbocycles. The first-order chi connectivity index (χ1) is 14.6.